The molecule has 7 nitrogen and oxygen atoms in total. The zero-order valence-electron chi connectivity index (χ0n) is 23.1. The highest BCUT2D eigenvalue weighted by molar-refractivity contribution is 5.91. The second-order valence-corrected chi connectivity index (χ2v) is 10.6. The van der Waals surface area contributed by atoms with Crippen molar-refractivity contribution < 1.29 is 0 Å². The minimum atomic E-state index is -0.126. The lowest BCUT2D eigenvalue weighted by molar-refractivity contribution is 0.173. The van der Waals surface area contributed by atoms with E-state index in [2.05, 4.69) is 67.2 Å². The molecule has 1 N–H and O–H groups in total. The molecular formula is C34H31ClN6O. The zero-order chi connectivity index (χ0) is 27.6. The average Bonchev–Trinajstić information content (AvgIpc) is 3.53. The zero-order valence-corrected chi connectivity index (χ0v) is 23.9. The first kappa shape index (κ1) is 27.6. The summed E-state index contributed by atoms with van der Waals surface area (Å²) in [4.78, 5) is 27.2. The summed E-state index contributed by atoms with van der Waals surface area (Å²) in [5.74, 6) is 0. The van der Waals surface area contributed by atoms with E-state index in [9.17, 15) is 4.79 Å². The largest absolute Gasteiger partial charge is 0.328 e. The fourth-order valence-corrected chi connectivity index (χ4v) is 5.74. The molecule has 0 radical (unpaired) electrons. The average molecular weight is 575 g/mol. The van der Waals surface area contributed by atoms with Crippen LogP contribution in [0.25, 0.3) is 44.5 Å². The van der Waals surface area contributed by atoms with Crippen LogP contribution in [0.1, 0.15) is 24.4 Å². The van der Waals surface area contributed by atoms with E-state index in [0.717, 1.165) is 66.1 Å². The minimum Gasteiger partial charge on any atom is -0.328 e. The Balaban J connectivity index is 0.00000316. The van der Waals surface area contributed by atoms with E-state index in [-0.39, 0.29) is 18.0 Å². The molecule has 0 spiro atoms. The number of likely N-dealkylation sites (tertiary alicyclic amines) is 1. The quantitative estimate of drug-likeness (QED) is 0.237. The fraction of sp³-hybridized carbons (Fsp3) is 0.176. The van der Waals surface area contributed by atoms with Crippen molar-refractivity contribution in [2.75, 3.05) is 13.1 Å². The molecule has 1 saturated heterocycles. The molecule has 0 unspecified atom stereocenters. The number of piperidine rings is 1. The molecule has 0 aliphatic carbocycles. The Bertz CT molecular complexity index is 1840. The van der Waals surface area contributed by atoms with Gasteiger partial charge in [0, 0.05) is 54.9 Å². The molecule has 1 aliphatic heterocycles. The second-order valence-electron chi connectivity index (χ2n) is 10.6. The molecule has 4 aromatic heterocycles. The summed E-state index contributed by atoms with van der Waals surface area (Å²) in [7, 11) is 0. The van der Waals surface area contributed by atoms with Crippen molar-refractivity contribution in [3.63, 3.8) is 0 Å². The van der Waals surface area contributed by atoms with Crippen LogP contribution < -0.4 is 5.56 Å². The third-order valence-corrected chi connectivity index (χ3v) is 7.96. The number of nitrogens with one attached hydrogen (secondary N) is 1. The van der Waals surface area contributed by atoms with E-state index < -0.39 is 0 Å². The van der Waals surface area contributed by atoms with Gasteiger partial charge in [-0.05, 0) is 48.2 Å². The number of aromatic amines is 1. The number of hydrogen-bond acceptors (Lipinski definition) is 5. The number of benzene rings is 2. The van der Waals surface area contributed by atoms with Crippen molar-refractivity contribution in [3.8, 4) is 33.6 Å². The Kier molecular flexibility index (Phi) is 7.95. The SMILES string of the molecule is Cl.O=c1[nH]ccc2nc(-c3ccc(CN4CCC(n5cc(-c6ccccn6)cn5)CC4)cc3)c(-c3ccccc3)cc12. The van der Waals surface area contributed by atoms with Gasteiger partial charge in [0.15, 0.2) is 0 Å². The molecule has 8 heteroatoms. The number of halogens is 1. The molecule has 210 valence electrons. The highest BCUT2D eigenvalue weighted by Gasteiger charge is 2.22. The van der Waals surface area contributed by atoms with E-state index in [1.165, 1.54) is 5.56 Å². The number of aromatic nitrogens is 5. The van der Waals surface area contributed by atoms with Crippen LogP contribution in [0.15, 0.2) is 115 Å². The molecule has 42 heavy (non-hydrogen) atoms. The predicted octanol–water partition coefficient (Wildman–Crippen LogP) is 6.77. The van der Waals surface area contributed by atoms with Gasteiger partial charge in [0.1, 0.15) is 0 Å². The summed E-state index contributed by atoms with van der Waals surface area (Å²) in [5.41, 5.74) is 7.79. The van der Waals surface area contributed by atoms with Gasteiger partial charge in [-0.2, -0.15) is 5.10 Å². The molecule has 0 bridgehead atoms. The molecule has 5 heterocycles. The van der Waals surface area contributed by atoms with E-state index in [1.54, 1.807) is 6.20 Å². The minimum absolute atomic E-state index is 0. The number of hydrogen-bond donors (Lipinski definition) is 1. The second kappa shape index (κ2) is 12.1. The number of fused-ring (bicyclic) bond motifs is 1. The first-order valence-corrected chi connectivity index (χ1v) is 14.1. The monoisotopic (exact) mass is 574 g/mol. The van der Waals surface area contributed by atoms with Crippen LogP contribution in [-0.4, -0.2) is 42.7 Å². The third kappa shape index (κ3) is 5.62. The van der Waals surface area contributed by atoms with Gasteiger partial charge in [0.05, 0.1) is 34.5 Å². The van der Waals surface area contributed by atoms with E-state index in [0.29, 0.717) is 16.9 Å². The smallest absolute Gasteiger partial charge is 0.257 e. The van der Waals surface area contributed by atoms with Crippen molar-refractivity contribution in [2.24, 2.45) is 0 Å². The van der Waals surface area contributed by atoms with Crippen LogP contribution in [0.3, 0.4) is 0 Å². The van der Waals surface area contributed by atoms with Gasteiger partial charge in [-0.3, -0.25) is 19.4 Å². The highest BCUT2D eigenvalue weighted by Crippen LogP contribution is 2.33. The molecule has 0 amide bonds. The van der Waals surface area contributed by atoms with Crippen LogP contribution in [-0.2, 0) is 6.54 Å². The Morgan fingerprint density at radius 1 is 0.857 bits per heavy atom. The van der Waals surface area contributed by atoms with Crippen LogP contribution in [0.5, 0.6) is 0 Å². The van der Waals surface area contributed by atoms with E-state index in [4.69, 9.17) is 4.98 Å². The van der Waals surface area contributed by atoms with E-state index in [1.807, 2.05) is 60.9 Å². The topological polar surface area (TPSA) is 79.7 Å². The van der Waals surface area contributed by atoms with Crippen LogP contribution in [0.2, 0.25) is 0 Å². The maximum atomic E-state index is 12.5. The third-order valence-electron chi connectivity index (χ3n) is 7.96. The summed E-state index contributed by atoms with van der Waals surface area (Å²) in [5, 5.41) is 5.25. The maximum Gasteiger partial charge on any atom is 0.257 e. The molecular weight excluding hydrogens is 544 g/mol. The van der Waals surface area contributed by atoms with Gasteiger partial charge in [0.2, 0.25) is 0 Å². The number of pyridine rings is 3. The van der Waals surface area contributed by atoms with Crippen molar-refractivity contribution >= 4 is 23.3 Å². The first-order valence-electron chi connectivity index (χ1n) is 14.1. The summed E-state index contributed by atoms with van der Waals surface area (Å²) in [6, 6.07) is 29.0. The maximum absolute atomic E-state index is 12.5. The standard InChI is InChI=1S/C34H30N6O.ClH/c41-34-30-20-29(25-6-2-1-3-7-25)33(38-32(30)13-17-36-34)26-11-9-24(10-12-26)22-39-18-14-28(15-19-39)40-23-27(21-37-40)31-8-4-5-16-35-31;/h1-13,16-17,20-21,23,28H,14-15,18-19,22H2,(H,36,41);1H. The summed E-state index contributed by atoms with van der Waals surface area (Å²) >= 11 is 0. The lowest BCUT2D eigenvalue weighted by Gasteiger charge is -2.32. The van der Waals surface area contributed by atoms with Gasteiger partial charge in [-0.25, -0.2) is 4.98 Å². The van der Waals surface area contributed by atoms with Crippen molar-refractivity contribution in [1.82, 2.24) is 29.6 Å². The number of rotatable bonds is 6. The highest BCUT2D eigenvalue weighted by atomic mass is 35.5. The molecule has 1 aliphatic rings. The molecule has 2 aromatic carbocycles. The molecule has 0 saturated carbocycles. The molecule has 0 atom stereocenters. The van der Waals surface area contributed by atoms with Gasteiger partial charge in [0.25, 0.3) is 5.56 Å². The molecule has 7 rings (SSSR count). The predicted molar refractivity (Wildman–Crippen MR) is 169 cm³/mol. The summed E-state index contributed by atoms with van der Waals surface area (Å²) in [6.45, 7) is 2.98. The van der Waals surface area contributed by atoms with Crippen molar-refractivity contribution in [1.29, 1.82) is 0 Å². The van der Waals surface area contributed by atoms with Gasteiger partial charge >= 0.3 is 0 Å². The van der Waals surface area contributed by atoms with Gasteiger partial charge < -0.3 is 4.98 Å². The lowest BCUT2D eigenvalue weighted by Crippen LogP contribution is -2.34. The Morgan fingerprint density at radius 2 is 1.64 bits per heavy atom. The van der Waals surface area contributed by atoms with Crippen molar-refractivity contribution in [2.45, 2.75) is 25.4 Å². The van der Waals surface area contributed by atoms with Crippen LogP contribution in [0, 0.1) is 0 Å². The normalized spacial score (nSPS) is 14.1. The van der Waals surface area contributed by atoms with Crippen LogP contribution >= 0.6 is 12.4 Å². The lowest BCUT2D eigenvalue weighted by atomic mass is 9.97. The van der Waals surface area contributed by atoms with Gasteiger partial charge in [-0.1, -0.05) is 60.7 Å². The van der Waals surface area contributed by atoms with Gasteiger partial charge in [-0.15, -0.1) is 12.4 Å². The van der Waals surface area contributed by atoms with Crippen molar-refractivity contribution in [3.05, 3.63) is 126 Å². The van der Waals surface area contributed by atoms with E-state index >= 15 is 0 Å². The Morgan fingerprint density at radius 3 is 2.40 bits per heavy atom. The Labute approximate surface area is 250 Å². The Hall–Kier alpha value is -4.59. The number of nitrogens with zero attached hydrogens (tertiary/aromatic N) is 5. The summed E-state index contributed by atoms with van der Waals surface area (Å²) in [6.07, 6.45) is 9.66. The first-order chi connectivity index (χ1) is 20.2. The number of H-pyrrole nitrogens is 1. The van der Waals surface area contributed by atoms with Crippen LogP contribution in [0.4, 0.5) is 0 Å². The summed E-state index contributed by atoms with van der Waals surface area (Å²) < 4.78 is 2.12. The fourth-order valence-electron chi connectivity index (χ4n) is 5.74. The molecule has 6 aromatic rings. The molecule has 1 fully saturated rings.